The van der Waals surface area contributed by atoms with Gasteiger partial charge in [0, 0.05) is 24.2 Å². The van der Waals surface area contributed by atoms with Gasteiger partial charge in [0.15, 0.2) is 0 Å². The van der Waals surface area contributed by atoms with Gasteiger partial charge < -0.3 is 9.88 Å². The summed E-state index contributed by atoms with van der Waals surface area (Å²) in [5, 5.41) is 2.78. The van der Waals surface area contributed by atoms with Crippen molar-refractivity contribution in [2.75, 3.05) is 6.54 Å². The van der Waals surface area contributed by atoms with Gasteiger partial charge in [-0.1, -0.05) is 54.1 Å². The molecule has 1 aromatic heterocycles. The molecule has 1 saturated carbocycles. The number of nitrogens with zero attached hydrogens (tertiary/aromatic N) is 3. The topological polar surface area (TPSA) is 105 Å². The number of nitrogens with one attached hydrogen (secondary N) is 1. The van der Waals surface area contributed by atoms with Gasteiger partial charge in [0.05, 0.1) is 21.6 Å². The lowest BCUT2D eigenvalue weighted by Gasteiger charge is -2.45. The Hall–Kier alpha value is -3.31. The first kappa shape index (κ1) is 32.2. The summed E-state index contributed by atoms with van der Waals surface area (Å²) in [5.41, 5.74) is 3.42. The standard InChI is InChI=1S/C36H40ClFN4O4S/c1-23-39-32-9-5-6-10-33(32)42(23)28-19-26-11-12-27(20-28)41(26)18-17-36(24-7-3-2-4-8-24)15-13-25(14-16-36)40-35(43)29-21-34(47(44,45)46)31(38)22-30(29)37/h2-10,21-22,25-28H,11-20H2,1H3,(H,40,43)(H,44,45,46). The monoisotopic (exact) mass is 678 g/mol. The molecular formula is C36H40ClFN4O4S. The predicted molar refractivity (Wildman–Crippen MR) is 180 cm³/mol. The molecule has 2 N–H and O–H groups in total. The van der Waals surface area contributed by atoms with Crippen LogP contribution in [-0.4, -0.2) is 58.0 Å². The minimum Gasteiger partial charge on any atom is -0.349 e. The second-order valence-corrected chi connectivity index (χ2v) is 15.4. The van der Waals surface area contributed by atoms with Gasteiger partial charge in [-0.15, -0.1) is 0 Å². The zero-order chi connectivity index (χ0) is 32.9. The number of hydrogen-bond acceptors (Lipinski definition) is 5. The molecule has 11 heteroatoms. The first-order valence-corrected chi connectivity index (χ1v) is 18.4. The predicted octanol–water partition coefficient (Wildman–Crippen LogP) is 7.25. The molecule has 2 atom stereocenters. The number of aromatic nitrogens is 2. The van der Waals surface area contributed by atoms with Crippen LogP contribution >= 0.6 is 11.6 Å². The van der Waals surface area contributed by atoms with Crippen molar-refractivity contribution in [1.29, 1.82) is 0 Å². The van der Waals surface area contributed by atoms with E-state index in [-0.39, 0.29) is 22.0 Å². The zero-order valence-corrected chi connectivity index (χ0v) is 28.0. The van der Waals surface area contributed by atoms with Crippen molar-refractivity contribution in [2.45, 2.75) is 99.2 Å². The van der Waals surface area contributed by atoms with Gasteiger partial charge in [-0.3, -0.25) is 14.2 Å². The molecule has 2 bridgehead atoms. The molecular weight excluding hydrogens is 639 g/mol. The second-order valence-electron chi connectivity index (χ2n) is 13.6. The molecule has 0 spiro atoms. The third-order valence-corrected chi connectivity index (χ3v) is 12.2. The highest BCUT2D eigenvalue weighted by Crippen LogP contribution is 2.46. The van der Waals surface area contributed by atoms with Crippen LogP contribution in [0.5, 0.6) is 0 Å². The highest BCUT2D eigenvalue weighted by Gasteiger charge is 2.44. The zero-order valence-electron chi connectivity index (χ0n) is 26.4. The number of halogens is 2. The van der Waals surface area contributed by atoms with Crippen LogP contribution in [0.1, 0.15) is 85.6 Å². The Bertz CT molecular complexity index is 1890. The highest BCUT2D eigenvalue weighted by molar-refractivity contribution is 7.85. The first-order chi connectivity index (χ1) is 22.5. The van der Waals surface area contributed by atoms with Crippen LogP contribution in [0.15, 0.2) is 71.6 Å². The molecule has 7 rings (SSSR count). The molecule has 2 aliphatic heterocycles. The van der Waals surface area contributed by atoms with E-state index in [1.807, 2.05) is 6.07 Å². The molecule has 0 radical (unpaired) electrons. The number of imidazole rings is 1. The Morgan fingerprint density at radius 2 is 1.66 bits per heavy atom. The summed E-state index contributed by atoms with van der Waals surface area (Å²) in [4.78, 5) is 19.8. The fraction of sp³-hybridized carbons (Fsp3) is 0.444. The van der Waals surface area contributed by atoms with Crippen molar-refractivity contribution in [3.63, 3.8) is 0 Å². The lowest BCUT2D eigenvalue weighted by molar-refractivity contribution is 0.0851. The molecule has 2 unspecified atom stereocenters. The molecule has 3 aliphatic rings. The number of fused-ring (bicyclic) bond motifs is 3. The number of hydrogen-bond donors (Lipinski definition) is 2. The number of amides is 1. The van der Waals surface area contributed by atoms with Crippen LogP contribution in [0, 0.1) is 12.7 Å². The molecule has 248 valence electrons. The quantitative estimate of drug-likeness (QED) is 0.190. The number of rotatable bonds is 8. The van der Waals surface area contributed by atoms with E-state index < -0.39 is 26.7 Å². The summed E-state index contributed by atoms with van der Waals surface area (Å²) in [6.45, 7) is 3.16. The van der Waals surface area contributed by atoms with Crippen LogP contribution in [0.4, 0.5) is 4.39 Å². The minimum atomic E-state index is -4.85. The second kappa shape index (κ2) is 12.6. The molecule has 4 aromatic rings. The van der Waals surface area contributed by atoms with Crippen molar-refractivity contribution in [3.05, 3.63) is 94.5 Å². The molecule has 1 amide bonds. The van der Waals surface area contributed by atoms with Crippen molar-refractivity contribution in [3.8, 4) is 0 Å². The Morgan fingerprint density at radius 3 is 2.34 bits per heavy atom. The maximum Gasteiger partial charge on any atom is 0.297 e. The molecule has 3 aromatic carbocycles. The number of aryl methyl sites for hydroxylation is 1. The number of carbonyl (C=O) groups is 1. The summed E-state index contributed by atoms with van der Waals surface area (Å²) in [7, 11) is -4.85. The highest BCUT2D eigenvalue weighted by atomic mass is 35.5. The van der Waals surface area contributed by atoms with E-state index in [9.17, 15) is 22.2 Å². The Labute approximate surface area is 280 Å². The summed E-state index contributed by atoms with van der Waals surface area (Å²) in [5.74, 6) is -0.698. The van der Waals surface area contributed by atoms with Crippen molar-refractivity contribution < 1.29 is 22.2 Å². The van der Waals surface area contributed by atoms with Crippen LogP contribution < -0.4 is 5.32 Å². The van der Waals surface area contributed by atoms with Crippen LogP contribution in [-0.2, 0) is 15.5 Å². The van der Waals surface area contributed by atoms with Gasteiger partial charge >= 0.3 is 0 Å². The third kappa shape index (κ3) is 6.21. The maximum atomic E-state index is 14.1. The number of piperidine rings is 1. The van der Waals surface area contributed by atoms with Gasteiger partial charge in [0.2, 0.25) is 0 Å². The number of benzene rings is 3. The fourth-order valence-corrected chi connectivity index (χ4v) is 9.55. The largest absolute Gasteiger partial charge is 0.349 e. The average molecular weight is 679 g/mol. The van der Waals surface area contributed by atoms with E-state index in [0.717, 1.165) is 75.0 Å². The summed E-state index contributed by atoms with van der Waals surface area (Å²) in [6.07, 6.45) is 9.02. The van der Waals surface area contributed by atoms with Gasteiger partial charge in [-0.25, -0.2) is 9.37 Å². The average Bonchev–Trinajstić information content (AvgIpc) is 3.50. The van der Waals surface area contributed by atoms with E-state index in [1.54, 1.807) is 0 Å². The van der Waals surface area contributed by atoms with Crippen LogP contribution in [0.3, 0.4) is 0 Å². The molecule has 47 heavy (non-hydrogen) atoms. The minimum absolute atomic E-state index is 0.0262. The smallest absolute Gasteiger partial charge is 0.297 e. The third-order valence-electron chi connectivity index (χ3n) is 11.1. The molecule has 1 aliphatic carbocycles. The summed E-state index contributed by atoms with van der Waals surface area (Å²) >= 11 is 6.12. The van der Waals surface area contributed by atoms with E-state index in [4.69, 9.17) is 16.6 Å². The van der Waals surface area contributed by atoms with Gasteiger partial charge in [0.25, 0.3) is 16.0 Å². The van der Waals surface area contributed by atoms with Gasteiger partial charge in [0.1, 0.15) is 16.5 Å². The number of carbonyl (C=O) groups excluding carboxylic acids is 1. The molecule has 3 heterocycles. The van der Waals surface area contributed by atoms with E-state index in [2.05, 4.69) is 70.2 Å². The molecule has 8 nitrogen and oxygen atoms in total. The van der Waals surface area contributed by atoms with Crippen molar-refractivity contribution >= 4 is 38.7 Å². The summed E-state index contributed by atoms with van der Waals surface area (Å²) < 4.78 is 49.3. The van der Waals surface area contributed by atoms with Gasteiger partial charge in [-0.05, 0) is 106 Å². The normalized spacial score (nSPS) is 26.5. The Balaban J connectivity index is 1.04. The lowest BCUT2D eigenvalue weighted by atomic mass is 9.66. The van der Waals surface area contributed by atoms with Crippen molar-refractivity contribution in [1.82, 2.24) is 19.8 Å². The summed E-state index contributed by atoms with van der Waals surface area (Å²) in [6, 6.07) is 22.1. The van der Waals surface area contributed by atoms with E-state index >= 15 is 0 Å². The molecule has 2 saturated heterocycles. The fourth-order valence-electron chi connectivity index (χ4n) is 8.74. The SMILES string of the molecule is Cc1nc2ccccc2n1C1CC2CCC(C1)N2CCC1(c2ccccc2)CCC(NC(=O)c2cc(S(=O)(=O)O)c(F)cc2Cl)CC1. The maximum absolute atomic E-state index is 14.1. The van der Waals surface area contributed by atoms with Crippen LogP contribution in [0.25, 0.3) is 11.0 Å². The van der Waals surface area contributed by atoms with E-state index in [1.165, 1.54) is 23.9 Å². The Kier molecular flexibility index (Phi) is 8.66. The van der Waals surface area contributed by atoms with Gasteiger partial charge in [-0.2, -0.15) is 8.42 Å². The van der Waals surface area contributed by atoms with E-state index in [0.29, 0.717) is 18.1 Å². The molecule has 3 fully saturated rings. The number of para-hydroxylation sites is 2. The van der Waals surface area contributed by atoms with Crippen LogP contribution in [0.2, 0.25) is 5.02 Å². The lowest BCUT2D eigenvalue weighted by Crippen LogP contribution is -2.47. The first-order valence-electron chi connectivity index (χ1n) is 16.5. The Morgan fingerprint density at radius 1 is 1.00 bits per heavy atom. The van der Waals surface area contributed by atoms with Crippen molar-refractivity contribution in [2.24, 2.45) is 0 Å².